The molecule has 0 unspecified atom stereocenters. The quantitative estimate of drug-likeness (QED) is 0.450. The van der Waals surface area contributed by atoms with Gasteiger partial charge in [-0.3, -0.25) is 9.59 Å². The number of nitrogens with one attached hydrogen (secondary N) is 2. The average molecular weight is 483 g/mol. The van der Waals surface area contributed by atoms with E-state index < -0.39 is 35.1 Å². The van der Waals surface area contributed by atoms with Gasteiger partial charge in [0.15, 0.2) is 0 Å². The van der Waals surface area contributed by atoms with E-state index in [1.165, 1.54) is 37.3 Å². The number of anilines is 1. The first-order valence-electron chi connectivity index (χ1n) is 10.5. The van der Waals surface area contributed by atoms with Crippen molar-refractivity contribution in [2.24, 2.45) is 5.92 Å². The summed E-state index contributed by atoms with van der Waals surface area (Å²) in [5.41, 5.74) is -3.52. The first-order chi connectivity index (χ1) is 15.0. The van der Waals surface area contributed by atoms with Crippen molar-refractivity contribution in [2.75, 3.05) is 31.5 Å². The highest BCUT2D eigenvalue weighted by molar-refractivity contribution is 5.91. The van der Waals surface area contributed by atoms with E-state index in [2.05, 4.69) is 10.6 Å². The minimum Gasteiger partial charge on any atom is -0.345 e. The number of likely N-dealkylation sites (tertiary alicyclic amines) is 1. The van der Waals surface area contributed by atoms with Gasteiger partial charge in [0.2, 0.25) is 12.3 Å². The maximum absolute atomic E-state index is 12.8. The number of hydrogen-bond acceptors (Lipinski definition) is 3. The summed E-state index contributed by atoms with van der Waals surface area (Å²) in [4.78, 5) is 24.2. The van der Waals surface area contributed by atoms with Crippen LogP contribution in [0.5, 0.6) is 0 Å². The van der Waals surface area contributed by atoms with Gasteiger partial charge in [-0.25, -0.2) is 0 Å². The van der Waals surface area contributed by atoms with Gasteiger partial charge in [-0.2, -0.15) is 26.3 Å². The maximum atomic E-state index is 12.8. The van der Waals surface area contributed by atoms with Crippen LogP contribution in [0.4, 0.5) is 32.0 Å². The molecule has 2 fully saturated rings. The van der Waals surface area contributed by atoms with Gasteiger partial charge in [-0.15, -0.1) is 0 Å². The second kappa shape index (κ2) is 12.8. The summed E-state index contributed by atoms with van der Waals surface area (Å²) in [5.74, 6) is -0.749. The summed E-state index contributed by atoms with van der Waals surface area (Å²) in [6.45, 7) is 3.42. The van der Waals surface area contributed by atoms with Gasteiger partial charge in [0.1, 0.15) is 0 Å². The topological polar surface area (TPSA) is 61.4 Å². The molecule has 2 amide bonds. The number of alkyl halides is 6. The lowest BCUT2D eigenvalue weighted by Gasteiger charge is -2.28. The van der Waals surface area contributed by atoms with Crippen molar-refractivity contribution in [2.45, 2.75) is 58.3 Å². The zero-order valence-electron chi connectivity index (χ0n) is 17.5. The van der Waals surface area contributed by atoms with Crippen LogP contribution in [0.2, 0.25) is 0 Å². The number of carbonyl (C=O) groups is 2. The second-order valence-corrected chi connectivity index (χ2v) is 7.94. The Hall–Kier alpha value is -2.30. The summed E-state index contributed by atoms with van der Waals surface area (Å²) in [6, 6.07) is 0.953. The Balaban J connectivity index is 0.000000673. The first-order valence-corrected chi connectivity index (χ1v) is 10.5. The van der Waals surface area contributed by atoms with Crippen molar-refractivity contribution in [3.8, 4) is 0 Å². The summed E-state index contributed by atoms with van der Waals surface area (Å²) < 4.78 is 76.8. The Morgan fingerprint density at radius 2 is 1.48 bits per heavy atom. The van der Waals surface area contributed by atoms with Crippen molar-refractivity contribution >= 4 is 18.0 Å². The highest BCUT2D eigenvalue weighted by Crippen LogP contribution is 2.37. The molecule has 1 aromatic rings. The minimum atomic E-state index is -4.97. The predicted molar refractivity (Wildman–Crippen MR) is 114 cm³/mol. The van der Waals surface area contributed by atoms with Crippen molar-refractivity contribution < 1.29 is 35.9 Å². The molecule has 1 aromatic carbocycles. The van der Waals surface area contributed by atoms with Gasteiger partial charge < -0.3 is 15.5 Å². The molecule has 188 valence electrons. The molecule has 2 heterocycles. The van der Waals surface area contributed by atoms with Crippen LogP contribution >= 0.6 is 0 Å². The Bertz CT molecular complexity index is 712. The van der Waals surface area contributed by atoms with Gasteiger partial charge in [-0.1, -0.05) is 13.8 Å². The highest BCUT2D eigenvalue weighted by atomic mass is 19.4. The Morgan fingerprint density at radius 1 is 0.970 bits per heavy atom. The molecule has 0 aliphatic carbocycles. The number of rotatable bonds is 4. The third-order valence-electron chi connectivity index (χ3n) is 5.35. The standard InChI is InChI=1S/C16H16F6N2O2.C5H11N.CH4/c17-15(18,19)11-6-12(16(20,21)22)8-13(7-11)23-14(26)5-10-1-3-24(9-25)4-2-10;1-2-4-6-5-3-1;/h6-10H,1-5H2,(H,23,26);6H,1-5H2;1H4. The van der Waals surface area contributed by atoms with Gasteiger partial charge in [0.05, 0.1) is 11.1 Å². The molecule has 2 N–H and O–H groups in total. The maximum Gasteiger partial charge on any atom is 0.416 e. The zero-order valence-corrected chi connectivity index (χ0v) is 17.5. The van der Waals surface area contributed by atoms with Crippen LogP contribution in [0.1, 0.15) is 57.1 Å². The molecule has 0 atom stereocenters. The van der Waals surface area contributed by atoms with Crippen molar-refractivity contribution in [1.82, 2.24) is 10.2 Å². The van der Waals surface area contributed by atoms with Gasteiger partial charge >= 0.3 is 12.4 Å². The molecule has 33 heavy (non-hydrogen) atoms. The molecule has 0 spiro atoms. The van der Waals surface area contributed by atoms with Crippen LogP contribution in [0.3, 0.4) is 0 Å². The molecule has 2 aliphatic rings. The SMILES string of the molecule is C.C1CCNCC1.O=CN1CCC(CC(=O)Nc2cc(C(F)(F)F)cc(C(F)(F)F)c2)CC1. The fraction of sp³-hybridized carbons (Fsp3) is 0.636. The molecular weight excluding hydrogens is 452 g/mol. The fourth-order valence-corrected chi connectivity index (χ4v) is 3.57. The van der Waals surface area contributed by atoms with E-state index in [1.54, 1.807) is 0 Å². The molecular formula is C22H31F6N3O2. The van der Waals surface area contributed by atoms with Crippen molar-refractivity contribution in [3.63, 3.8) is 0 Å². The third kappa shape index (κ3) is 10.0. The zero-order chi connectivity index (χ0) is 23.8. The first kappa shape index (κ1) is 28.7. The van der Waals surface area contributed by atoms with E-state index in [4.69, 9.17) is 0 Å². The molecule has 3 rings (SSSR count). The molecule has 2 aliphatic heterocycles. The van der Waals surface area contributed by atoms with E-state index in [-0.39, 0.29) is 25.8 Å². The van der Waals surface area contributed by atoms with E-state index >= 15 is 0 Å². The van der Waals surface area contributed by atoms with Gasteiger partial charge in [-0.05, 0) is 62.9 Å². The summed E-state index contributed by atoms with van der Waals surface area (Å²) in [6.07, 6.45) is -3.98. The summed E-state index contributed by atoms with van der Waals surface area (Å²) >= 11 is 0. The van der Waals surface area contributed by atoms with Crippen LogP contribution in [0.15, 0.2) is 18.2 Å². The second-order valence-electron chi connectivity index (χ2n) is 7.94. The number of hydrogen-bond donors (Lipinski definition) is 2. The van der Waals surface area contributed by atoms with Crippen LogP contribution in [0, 0.1) is 5.92 Å². The fourth-order valence-electron chi connectivity index (χ4n) is 3.57. The normalized spacial score (nSPS) is 17.3. The third-order valence-corrected chi connectivity index (χ3v) is 5.35. The highest BCUT2D eigenvalue weighted by Gasteiger charge is 2.37. The summed E-state index contributed by atoms with van der Waals surface area (Å²) in [7, 11) is 0. The lowest BCUT2D eigenvalue weighted by Crippen LogP contribution is -2.33. The van der Waals surface area contributed by atoms with Gasteiger partial charge in [0, 0.05) is 25.2 Å². The van der Waals surface area contributed by atoms with Crippen molar-refractivity contribution in [3.05, 3.63) is 29.3 Å². The van der Waals surface area contributed by atoms with Crippen molar-refractivity contribution in [1.29, 1.82) is 0 Å². The van der Waals surface area contributed by atoms with Crippen LogP contribution in [-0.4, -0.2) is 43.4 Å². The monoisotopic (exact) mass is 483 g/mol. The smallest absolute Gasteiger partial charge is 0.345 e. The Morgan fingerprint density at radius 3 is 1.85 bits per heavy atom. The molecule has 0 aromatic heterocycles. The minimum absolute atomic E-state index is 0. The molecule has 11 heteroatoms. The van der Waals surface area contributed by atoms with E-state index in [9.17, 15) is 35.9 Å². The number of nitrogens with zero attached hydrogens (tertiary/aromatic N) is 1. The summed E-state index contributed by atoms with van der Waals surface area (Å²) in [5, 5.41) is 5.40. The van der Waals surface area contributed by atoms with E-state index in [0.717, 1.165) is 0 Å². The van der Waals surface area contributed by atoms with E-state index in [0.29, 0.717) is 44.5 Å². The van der Waals surface area contributed by atoms with Crippen LogP contribution in [-0.2, 0) is 21.9 Å². The predicted octanol–water partition coefficient (Wildman–Crippen LogP) is 5.32. The Labute approximate surface area is 189 Å². The van der Waals surface area contributed by atoms with E-state index in [1.807, 2.05) is 0 Å². The number of halogens is 6. The van der Waals surface area contributed by atoms with Crippen LogP contribution in [0.25, 0.3) is 0 Å². The Kier molecular flexibility index (Phi) is 11.2. The number of amides is 2. The molecule has 0 bridgehead atoms. The number of carbonyl (C=O) groups excluding carboxylic acids is 2. The molecule has 0 saturated carbocycles. The average Bonchev–Trinajstić information content (AvgIpc) is 2.74. The number of benzene rings is 1. The number of piperidine rings is 2. The largest absolute Gasteiger partial charge is 0.416 e. The lowest BCUT2D eigenvalue weighted by molar-refractivity contribution is -0.143. The molecule has 0 radical (unpaired) electrons. The van der Waals surface area contributed by atoms with Crippen LogP contribution < -0.4 is 10.6 Å². The molecule has 5 nitrogen and oxygen atoms in total. The van der Waals surface area contributed by atoms with Gasteiger partial charge in [0.25, 0.3) is 0 Å². The molecule has 2 saturated heterocycles. The lowest BCUT2D eigenvalue weighted by atomic mass is 9.93.